The molecular weight excluding hydrogens is 392 g/mol. The number of rotatable bonds is 7. The molecule has 2 N–H and O–H groups in total. The molecule has 1 aliphatic heterocycles. The number of sulfonamides is 1. The third kappa shape index (κ3) is 4.90. The minimum absolute atomic E-state index is 0.107. The van der Waals surface area contributed by atoms with Gasteiger partial charge in [0, 0.05) is 25.9 Å². The molecule has 1 aromatic carbocycles. The fourth-order valence-electron chi connectivity index (χ4n) is 2.97. The van der Waals surface area contributed by atoms with Gasteiger partial charge in [-0.05, 0) is 31.0 Å². The van der Waals surface area contributed by atoms with Gasteiger partial charge in [0.1, 0.15) is 5.82 Å². The highest BCUT2D eigenvalue weighted by molar-refractivity contribution is 7.89. The zero-order valence-electron chi connectivity index (χ0n) is 15.1. The molecule has 1 aliphatic rings. The van der Waals surface area contributed by atoms with E-state index in [1.807, 2.05) is 4.57 Å². The molecule has 0 saturated carbocycles. The van der Waals surface area contributed by atoms with Crippen molar-refractivity contribution in [1.29, 1.82) is 0 Å². The number of carbonyl (C=O) groups is 1. The first-order chi connectivity index (χ1) is 13.4. The summed E-state index contributed by atoms with van der Waals surface area (Å²) in [6.07, 6.45) is 4.00. The maximum atomic E-state index is 13.2. The van der Waals surface area contributed by atoms with E-state index in [2.05, 4.69) is 20.2 Å². The number of nitrogens with zero attached hydrogens (tertiary/aromatic N) is 3. The van der Waals surface area contributed by atoms with Crippen LogP contribution in [-0.2, 0) is 34.3 Å². The number of carbonyl (C=O) groups excluding carboxylic acids is 1. The number of aryl methyl sites for hydroxylation is 1. The Kier molecular flexibility index (Phi) is 6.35. The predicted molar refractivity (Wildman–Crippen MR) is 95.6 cm³/mol. The van der Waals surface area contributed by atoms with E-state index in [4.69, 9.17) is 0 Å². The van der Waals surface area contributed by atoms with Crippen LogP contribution in [0.15, 0.2) is 23.1 Å². The molecule has 1 amide bonds. The Bertz CT molecular complexity index is 962. The smallest absolute Gasteiger partial charge is 0.240 e. The van der Waals surface area contributed by atoms with Crippen LogP contribution in [-0.4, -0.2) is 35.6 Å². The topological polar surface area (TPSA) is 106 Å². The molecule has 2 aromatic rings. The van der Waals surface area contributed by atoms with E-state index in [-0.39, 0.29) is 25.4 Å². The number of halogens is 2. The number of aromatic nitrogens is 3. The Hall–Kier alpha value is -2.40. The average Bonchev–Trinajstić information content (AvgIpc) is 2.88. The highest BCUT2D eigenvalue weighted by atomic mass is 32.2. The lowest BCUT2D eigenvalue weighted by Gasteiger charge is -2.09. The molecule has 2 heterocycles. The Balaban J connectivity index is 1.48. The minimum Gasteiger partial charge on any atom is -0.349 e. The van der Waals surface area contributed by atoms with E-state index in [1.165, 1.54) is 0 Å². The first kappa shape index (κ1) is 20.3. The standard InChI is InChI=1S/C17H21F2N5O3S/c18-13-6-5-12(10-14(13)19)28(26,27)21-8-7-17(25)20-11-16-23-22-15-4-2-1-3-9-24(15)16/h5-6,10,21H,1-4,7-9,11H2,(H,20,25). The van der Waals surface area contributed by atoms with Crippen LogP contribution in [0.2, 0.25) is 0 Å². The zero-order chi connectivity index (χ0) is 20.1. The summed E-state index contributed by atoms with van der Waals surface area (Å²) in [5.41, 5.74) is 0. The van der Waals surface area contributed by atoms with Crippen LogP contribution in [0.1, 0.15) is 37.3 Å². The van der Waals surface area contributed by atoms with E-state index in [0.717, 1.165) is 50.2 Å². The Morgan fingerprint density at radius 1 is 1.14 bits per heavy atom. The minimum atomic E-state index is -4.03. The van der Waals surface area contributed by atoms with Gasteiger partial charge in [-0.1, -0.05) is 6.42 Å². The van der Waals surface area contributed by atoms with Gasteiger partial charge in [0.15, 0.2) is 17.5 Å². The maximum Gasteiger partial charge on any atom is 0.240 e. The number of hydrogen-bond donors (Lipinski definition) is 2. The summed E-state index contributed by atoms with van der Waals surface area (Å²) in [4.78, 5) is 11.6. The van der Waals surface area contributed by atoms with Crippen LogP contribution in [0, 0.1) is 11.6 Å². The zero-order valence-corrected chi connectivity index (χ0v) is 15.9. The molecule has 11 heteroatoms. The van der Waals surface area contributed by atoms with Crippen LogP contribution in [0.25, 0.3) is 0 Å². The van der Waals surface area contributed by atoms with Gasteiger partial charge in [-0.3, -0.25) is 4.79 Å². The Morgan fingerprint density at radius 2 is 1.96 bits per heavy atom. The van der Waals surface area contributed by atoms with Crippen molar-refractivity contribution in [2.24, 2.45) is 0 Å². The summed E-state index contributed by atoms with van der Waals surface area (Å²) in [6.45, 7) is 0.856. The number of fused-ring (bicyclic) bond motifs is 1. The summed E-state index contributed by atoms with van der Waals surface area (Å²) in [5, 5.41) is 10.9. The monoisotopic (exact) mass is 413 g/mol. The van der Waals surface area contributed by atoms with Gasteiger partial charge < -0.3 is 9.88 Å². The molecule has 0 atom stereocenters. The molecular formula is C17H21F2N5O3S. The molecule has 0 fully saturated rings. The second kappa shape index (κ2) is 8.74. The largest absolute Gasteiger partial charge is 0.349 e. The Morgan fingerprint density at radius 3 is 2.75 bits per heavy atom. The summed E-state index contributed by atoms with van der Waals surface area (Å²) < 4.78 is 54.4. The molecule has 0 spiro atoms. The number of hydrogen-bond acceptors (Lipinski definition) is 5. The van der Waals surface area contributed by atoms with Gasteiger partial charge in [-0.2, -0.15) is 0 Å². The van der Waals surface area contributed by atoms with Crippen LogP contribution in [0.4, 0.5) is 8.78 Å². The molecule has 0 saturated heterocycles. The summed E-state index contributed by atoms with van der Waals surface area (Å²) >= 11 is 0. The van der Waals surface area contributed by atoms with E-state index in [1.54, 1.807) is 0 Å². The molecule has 152 valence electrons. The van der Waals surface area contributed by atoms with Crippen molar-refractivity contribution in [1.82, 2.24) is 24.8 Å². The number of nitrogens with one attached hydrogen (secondary N) is 2. The van der Waals surface area contributed by atoms with Crippen LogP contribution in [0.3, 0.4) is 0 Å². The summed E-state index contributed by atoms with van der Waals surface area (Å²) in [7, 11) is -4.03. The van der Waals surface area contributed by atoms with Crippen molar-refractivity contribution < 1.29 is 22.0 Å². The van der Waals surface area contributed by atoms with E-state index < -0.39 is 26.6 Å². The maximum absolute atomic E-state index is 13.2. The molecule has 0 unspecified atom stereocenters. The fourth-order valence-corrected chi connectivity index (χ4v) is 4.01. The van der Waals surface area contributed by atoms with Gasteiger partial charge in [0.05, 0.1) is 11.4 Å². The number of benzene rings is 1. The van der Waals surface area contributed by atoms with Gasteiger partial charge in [0.25, 0.3) is 0 Å². The third-order valence-corrected chi connectivity index (χ3v) is 5.93. The van der Waals surface area contributed by atoms with Gasteiger partial charge in [-0.15, -0.1) is 10.2 Å². The third-order valence-electron chi connectivity index (χ3n) is 4.48. The molecule has 1 aromatic heterocycles. The predicted octanol–water partition coefficient (Wildman–Crippen LogP) is 1.27. The highest BCUT2D eigenvalue weighted by Gasteiger charge is 2.18. The highest BCUT2D eigenvalue weighted by Crippen LogP contribution is 2.15. The first-order valence-corrected chi connectivity index (χ1v) is 10.5. The van der Waals surface area contributed by atoms with Gasteiger partial charge >= 0.3 is 0 Å². The van der Waals surface area contributed by atoms with Gasteiger partial charge in [0.2, 0.25) is 15.9 Å². The SMILES string of the molecule is O=C(CCNS(=O)(=O)c1ccc(F)c(F)c1)NCc1nnc2n1CCCCC2. The van der Waals surface area contributed by atoms with Crippen molar-refractivity contribution in [2.75, 3.05) is 6.54 Å². The van der Waals surface area contributed by atoms with E-state index >= 15 is 0 Å². The van der Waals surface area contributed by atoms with Crippen molar-refractivity contribution in [3.05, 3.63) is 41.5 Å². The summed E-state index contributed by atoms with van der Waals surface area (Å²) in [5.74, 6) is -1.16. The molecule has 0 aliphatic carbocycles. The van der Waals surface area contributed by atoms with Crippen LogP contribution in [0.5, 0.6) is 0 Å². The normalized spacial score (nSPS) is 14.4. The quantitative estimate of drug-likeness (QED) is 0.711. The van der Waals surface area contributed by atoms with E-state index in [0.29, 0.717) is 11.9 Å². The lowest BCUT2D eigenvalue weighted by molar-refractivity contribution is -0.121. The summed E-state index contributed by atoms with van der Waals surface area (Å²) in [6, 6.07) is 2.28. The lowest BCUT2D eigenvalue weighted by Crippen LogP contribution is -2.31. The van der Waals surface area contributed by atoms with Crippen LogP contribution < -0.4 is 10.0 Å². The number of amides is 1. The fraction of sp³-hybridized carbons (Fsp3) is 0.471. The van der Waals surface area contributed by atoms with Gasteiger partial charge in [-0.25, -0.2) is 21.9 Å². The van der Waals surface area contributed by atoms with E-state index in [9.17, 15) is 22.0 Å². The van der Waals surface area contributed by atoms with Crippen molar-refractivity contribution in [3.63, 3.8) is 0 Å². The van der Waals surface area contributed by atoms with Crippen molar-refractivity contribution in [3.8, 4) is 0 Å². The second-order valence-electron chi connectivity index (χ2n) is 6.50. The molecule has 0 radical (unpaired) electrons. The lowest BCUT2D eigenvalue weighted by atomic mass is 10.2. The first-order valence-electron chi connectivity index (χ1n) is 8.99. The molecule has 28 heavy (non-hydrogen) atoms. The molecule has 8 nitrogen and oxygen atoms in total. The van der Waals surface area contributed by atoms with Crippen molar-refractivity contribution >= 4 is 15.9 Å². The average molecular weight is 413 g/mol. The Labute approximate surface area is 161 Å². The molecule has 0 bridgehead atoms. The van der Waals surface area contributed by atoms with Crippen LogP contribution >= 0.6 is 0 Å². The second-order valence-corrected chi connectivity index (χ2v) is 8.26. The molecule has 3 rings (SSSR count). The van der Waals surface area contributed by atoms with Crippen molar-refractivity contribution in [2.45, 2.75) is 50.1 Å².